The van der Waals surface area contributed by atoms with Gasteiger partial charge in [0.1, 0.15) is 6.04 Å². The molecule has 2 rings (SSSR count). The Bertz CT molecular complexity index is 585. The fourth-order valence-corrected chi connectivity index (χ4v) is 3.80. The van der Waals surface area contributed by atoms with Crippen molar-refractivity contribution in [2.45, 2.75) is 32.4 Å². The van der Waals surface area contributed by atoms with Gasteiger partial charge in [0.25, 0.3) is 5.91 Å². The number of nitrogens with zero attached hydrogens (tertiary/aromatic N) is 1. The number of thiophene rings is 1. The Kier molecular flexibility index (Phi) is 6.79. The summed E-state index contributed by atoms with van der Waals surface area (Å²) in [7, 11) is 0. The molecule has 1 aromatic heterocycles. The van der Waals surface area contributed by atoms with Gasteiger partial charge >= 0.3 is 0 Å². The highest BCUT2D eigenvalue weighted by molar-refractivity contribution is 9.11. The van der Waals surface area contributed by atoms with Gasteiger partial charge in [-0.1, -0.05) is 0 Å². The van der Waals surface area contributed by atoms with E-state index in [-0.39, 0.29) is 17.4 Å². The molecule has 0 aromatic carbocycles. The van der Waals surface area contributed by atoms with Gasteiger partial charge in [-0.3, -0.25) is 14.5 Å². The van der Waals surface area contributed by atoms with Crippen LogP contribution in [0.25, 0.3) is 0 Å². The first-order valence-electron chi connectivity index (χ1n) is 7.96. The highest BCUT2D eigenvalue weighted by Crippen LogP contribution is 2.22. The third-order valence-corrected chi connectivity index (χ3v) is 5.72. The minimum atomic E-state index is -0.584. The Balaban J connectivity index is 1.81. The predicted molar refractivity (Wildman–Crippen MR) is 98.4 cm³/mol. The number of nitrogens with one attached hydrogen (secondary N) is 2. The van der Waals surface area contributed by atoms with Crippen molar-refractivity contribution in [1.82, 2.24) is 15.5 Å². The molecule has 134 valence electrons. The summed E-state index contributed by atoms with van der Waals surface area (Å²) in [5, 5.41) is 5.67. The van der Waals surface area contributed by atoms with E-state index in [4.69, 9.17) is 4.74 Å². The molecule has 6 nitrogen and oxygen atoms in total. The molecule has 1 unspecified atom stereocenters. The summed E-state index contributed by atoms with van der Waals surface area (Å²) in [5.41, 5.74) is -0.151. The van der Waals surface area contributed by atoms with Crippen molar-refractivity contribution in [2.75, 3.05) is 32.8 Å². The average Bonchev–Trinajstić information content (AvgIpc) is 3.00. The second kappa shape index (κ2) is 8.42. The SMILES string of the molecule is CC(NC(=O)c1ccc(Br)s1)C(=O)NCC(C)(C)N1CCOCC1. The lowest BCUT2D eigenvalue weighted by molar-refractivity contribution is -0.123. The third kappa shape index (κ3) is 5.27. The molecule has 0 bridgehead atoms. The van der Waals surface area contributed by atoms with Crippen LogP contribution in [0, 0.1) is 0 Å². The van der Waals surface area contributed by atoms with Crippen LogP contribution >= 0.6 is 27.3 Å². The number of halogens is 1. The van der Waals surface area contributed by atoms with Gasteiger partial charge in [-0.2, -0.15) is 0 Å². The number of rotatable bonds is 6. The van der Waals surface area contributed by atoms with Crippen LogP contribution in [0.3, 0.4) is 0 Å². The van der Waals surface area contributed by atoms with Crippen molar-refractivity contribution < 1.29 is 14.3 Å². The average molecular weight is 418 g/mol. The van der Waals surface area contributed by atoms with Gasteiger partial charge in [0.05, 0.1) is 21.9 Å². The molecule has 0 spiro atoms. The van der Waals surface area contributed by atoms with Gasteiger partial charge in [-0.05, 0) is 48.8 Å². The van der Waals surface area contributed by atoms with Gasteiger partial charge in [-0.15, -0.1) is 11.3 Å². The summed E-state index contributed by atoms with van der Waals surface area (Å²) in [5.74, 6) is -0.416. The van der Waals surface area contributed by atoms with Gasteiger partial charge in [0.15, 0.2) is 0 Å². The number of hydrogen-bond donors (Lipinski definition) is 2. The van der Waals surface area contributed by atoms with E-state index in [0.717, 1.165) is 30.1 Å². The second-order valence-electron chi connectivity index (χ2n) is 6.43. The van der Waals surface area contributed by atoms with Gasteiger partial charge in [0, 0.05) is 25.2 Å². The zero-order valence-corrected chi connectivity index (χ0v) is 16.6. The Morgan fingerprint density at radius 3 is 2.62 bits per heavy atom. The van der Waals surface area contributed by atoms with E-state index < -0.39 is 6.04 Å². The van der Waals surface area contributed by atoms with Gasteiger partial charge in [0.2, 0.25) is 5.91 Å². The number of carbonyl (C=O) groups excluding carboxylic acids is 2. The summed E-state index contributed by atoms with van der Waals surface area (Å²) >= 11 is 4.67. The van der Waals surface area contributed by atoms with Crippen molar-refractivity contribution in [3.63, 3.8) is 0 Å². The lowest BCUT2D eigenvalue weighted by Gasteiger charge is -2.41. The molecular formula is C16H24BrN3O3S. The third-order valence-electron chi connectivity index (χ3n) is 4.10. The van der Waals surface area contributed by atoms with E-state index in [1.807, 2.05) is 6.07 Å². The first kappa shape index (κ1) is 19.4. The van der Waals surface area contributed by atoms with Crippen molar-refractivity contribution in [1.29, 1.82) is 0 Å². The van der Waals surface area contributed by atoms with Crippen molar-refractivity contribution >= 4 is 39.1 Å². The Morgan fingerprint density at radius 1 is 1.38 bits per heavy atom. The van der Waals surface area contributed by atoms with E-state index in [0.29, 0.717) is 11.4 Å². The first-order chi connectivity index (χ1) is 11.3. The molecular weight excluding hydrogens is 394 g/mol. The Morgan fingerprint density at radius 2 is 2.04 bits per heavy atom. The molecule has 0 saturated carbocycles. The molecule has 0 radical (unpaired) electrons. The number of ether oxygens (including phenoxy) is 1. The van der Waals surface area contributed by atoms with Crippen molar-refractivity contribution in [3.05, 3.63) is 20.8 Å². The zero-order chi connectivity index (χ0) is 17.7. The summed E-state index contributed by atoms with van der Waals surface area (Å²) in [6.45, 7) is 9.59. The van der Waals surface area contributed by atoms with Crippen LogP contribution in [0.2, 0.25) is 0 Å². The maximum atomic E-state index is 12.3. The van der Waals surface area contributed by atoms with Crippen LogP contribution in [0.1, 0.15) is 30.4 Å². The maximum absolute atomic E-state index is 12.3. The van der Waals surface area contributed by atoms with Gasteiger partial charge in [-0.25, -0.2) is 0 Å². The molecule has 1 saturated heterocycles. The molecule has 1 aromatic rings. The number of hydrogen-bond acceptors (Lipinski definition) is 5. The van der Waals surface area contributed by atoms with Crippen LogP contribution in [0.15, 0.2) is 15.9 Å². The minimum absolute atomic E-state index is 0.151. The van der Waals surface area contributed by atoms with Crippen LogP contribution < -0.4 is 10.6 Å². The Labute approximate surface area is 155 Å². The predicted octanol–water partition coefficient (Wildman–Crippen LogP) is 1.86. The molecule has 0 aliphatic carbocycles. The van der Waals surface area contributed by atoms with E-state index in [2.05, 4.69) is 45.3 Å². The van der Waals surface area contributed by atoms with E-state index >= 15 is 0 Å². The van der Waals surface area contributed by atoms with E-state index in [9.17, 15) is 9.59 Å². The largest absolute Gasteiger partial charge is 0.379 e. The summed E-state index contributed by atoms with van der Waals surface area (Å²) < 4.78 is 6.25. The summed E-state index contributed by atoms with van der Waals surface area (Å²) in [6, 6.07) is 2.96. The molecule has 2 amide bonds. The fourth-order valence-electron chi connectivity index (χ4n) is 2.51. The summed E-state index contributed by atoms with van der Waals surface area (Å²) in [6.07, 6.45) is 0. The molecule has 1 atom stereocenters. The van der Waals surface area contributed by atoms with Crippen LogP contribution in [0.5, 0.6) is 0 Å². The van der Waals surface area contributed by atoms with Crippen LogP contribution in [-0.2, 0) is 9.53 Å². The fraction of sp³-hybridized carbons (Fsp3) is 0.625. The topological polar surface area (TPSA) is 70.7 Å². The smallest absolute Gasteiger partial charge is 0.262 e. The number of carbonyl (C=O) groups is 2. The molecule has 1 aliphatic heterocycles. The standard InChI is InChI=1S/C16H24BrN3O3S/c1-11(19-15(22)12-4-5-13(17)24-12)14(21)18-10-16(2,3)20-6-8-23-9-7-20/h4-5,11H,6-10H2,1-3H3,(H,18,21)(H,19,22). The monoisotopic (exact) mass is 417 g/mol. The highest BCUT2D eigenvalue weighted by Gasteiger charge is 2.29. The first-order valence-corrected chi connectivity index (χ1v) is 9.57. The van der Waals surface area contributed by atoms with Crippen molar-refractivity contribution in [3.8, 4) is 0 Å². The summed E-state index contributed by atoms with van der Waals surface area (Å²) in [4.78, 5) is 27.3. The minimum Gasteiger partial charge on any atom is -0.379 e. The molecule has 1 aliphatic rings. The highest BCUT2D eigenvalue weighted by atomic mass is 79.9. The lowest BCUT2D eigenvalue weighted by Crippen LogP contribution is -2.57. The maximum Gasteiger partial charge on any atom is 0.262 e. The lowest BCUT2D eigenvalue weighted by atomic mass is 10.0. The van der Waals surface area contributed by atoms with Crippen molar-refractivity contribution in [2.24, 2.45) is 0 Å². The number of amides is 2. The van der Waals surface area contributed by atoms with E-state index in [1.165, 1.54) is 11.3 Å². The Hall–Kier alpha value is -0.960. The molecule has 24 heavy (non-hydrogen) atoms. The number of morpholine rings is 1. The van der Waals surface area contributed by atoms with Gasteiger partial charge < -0.3 is 15.4 Å². The second-order valence-corrected chi connectivity index (χ2v) is 8.89. The normalized spacial score (nSPS) is 17.3. The zero-order valence-electron chi connectivity index (χ0n) is 14.2. The quantitative estimate of drug-likeness (QED) is 0.740. The molecule has 8 heteroatoms. The molecule has 2 heterocycles. The van der Waals surface area contributed by atoms with E-state index in [1.54, 1.807) is 13.0 Å². The van der Waals surface area contributed by atoms with Crippen LogP contribution in [-0.4, -0.2) is 61.1 Å². The van der Waals surface area contributed by atoms with Crippen LogP contribution in [0.4, 0.5) is 0 Å². The molecule has 1 fully saturated rings. The molecule has 2 N–H and O–H groups in total.